The Kier molecular flexibility index (Phi) is 3.77. The van der Waals surface area contributed by atoms with Gasteiger partial charge >= 0.3 is 0 Å². The summed E-state index contributed by atoms with van der Waals surface area (Å²) >= 11 is 0. The smallest absolute Gasteiger partial charge is 0.101 e. The van der Waals surface area contributed by atoms with E-state index in [4.69, 9.17) is 15.0 Å². The first-order valence-corrected chi connectivity index (χ1v) is 10.1. The maximum Gasteiger partial charge on any atom is 0.101 e. The molecule has 1 aromatic carbocycles. The Morgan fingerprint density at radius 1 is 0.774 bits per heavy atom. The molecule has 0 radical (unpaired) electrons. The molecule has 4 aliphatic heterocycles. The summed E-state index contributed by atoms with van der Waals surface area (Å²) in [5.41, 5.74) is 9.32. The number of H-pyrrole nitrogens is 1. The molecule has 5 heterocycles. The van der Waals surface area contributed by atoms with Crippen LogP contribution in [0, 0.1) is 0 Å². The monoisotopic (exact) mass is 402 g/mol. The first-order valence-electron chi connectivity index (χ1n) is 10.1. The molecular weight excluding hydrogens is 384 g/mol. The van der Waals surface area contributed by atoms with Crippen LogP contribution in [0.2, 0.25) is 0 Å². The van der Waals surface area contributed by atoms with Crippen molar-refractivity contribution in [1.29, 1.82) is 0 Å². The van der Waals surface area contributed by atoms with Crippen molar-refractivity contribution in [2.45, 2.75) is 6.92 Å². The Bertz CT molecular complexity index is 1430. The quantitative estimate of drug-likeness (QED) is 0.568. The minimum atomic E-state index is 0.186. The highest BCUT2D eigenvalue weighted by Crippen LogP contribution is 2.34. The zero-order valence-electron chi connectivity index (χ0n) is 16.8. The number of aromatic amines is 1. The van der Waals surface area contributed by atoms with Gasteiger partial charge in [0.2, 0.25) is 0 Å². The fourth-order valence-electron chi connectivity index (χ4n) is 4.14. The molecule has 2 N–H and O–H groups in total. The topological polar surface area (TPSA) is 73.1 Å². The van der Waals surface area contributed by atoms with Crippen LogP contribution in [0.15, 0.2) is 104 Å². The fourth-order valence-corrected chi connectivity index (χ4v) is 4.14. The predicted octanol–water partition coefficient (Wildman–Crippen LogP) is 5.41. The highest BCUT2D eigenvalue weighted by molar-refractivity contribution is 6.37. The van der Waals surface area contributed by atoms with Crippen molar-refractivity contribution in [3.05, 3.63) is 112 Å². The van der Waals surface area contributed by atoms with Crippen molar-refractivity contribution in [2.75, 3.05) is 0 Å². The lowest BCUT2D eigenvalue weighted by molar-refractivity contribution is 0.413. The lowest BCUT2D eigenvalue weighted by Crippen LogP contribution is -2.13. The van der Waals surface area contributed by atoms with Crippen molar-refractivity contribution < 1.29 is 5.11 Å². The molecule has 0 atom stereocenters. The van der Waals surface area contributed by atoms with E-state index in [-0.39, 0.29) is 5.76 Å². The van der Waals surface area contributed by atoms with Gasteiger partial charge < -0.3 is 10.1 Å². The van der Waals surface area contributed by atoms with Crippen molar-refractivity contribution in [3.63, 3.8) is 0 Å². The second-order valence-electron chi connectivity index (χ2n) is 7.70. The number of aliphatic imine (C=N–C) groups is 3. The maximum absolute atomic E-state index is 10.6. The number of aliphatic hydroxyl groups is 1. The Morgan fingerprint density at radius 2 is 1.48 bits per heavy atom. The summed E-state index contributed by atoms with van der Waals surface area (Å²) in [7, 11) is 0. The van der Waals surface area contributed by atoms with E-state index in [1.54, 1.807) is 6.92 Å². The fraction of sp³-hybridized carbons (Fsp3) is 0.0385. The molecule has 4 aliphatic rings. The zero-order chi connectivity index (χ0) is 20.9. The van der Waals surface area contributed by atoms with Crippen molar-refractivity contribution in [3.8, 4) is 0 Å². The largest absolute Gasteiger partial charge is 0.512 e. The summed E-state index contributed by atoms with van der Waals surface area (Å²) in [6.07, 6.45) is 13.8. The molecule has 0 unspecified atom stereocenters. The van der Waals surface area contributed by atoms with Gasteiger partial charge in [0.05, 0.1) is 39.8 Å². The molecule has 0 saturated carbocycles. The van der Waals surface area contributed by atoms with Crippen LogP contribution in [0.1, 0.15) is 29.4 Å². The van der Waals surface area contributed by atoms with Gasteiger partial charge in [-0.1, -0.05) is 24.3 Å². The first-order chi connectivity index (χ1) is 15.1. The summed E-state index contributed by atoms with van der Waals surface area (Å²) in [6.45, 7) is 1.68. The van der Waals surface area contributed by atoms with Crippen LogP contribution in [-0.2, 0) is 0 Å². The lowest BCUT2D eigenvalue weighted by atomic mass is 9.95. The van der Waals surface area contributed by atoms with Crippen molar-refractivity contribution in [1.82, 2.24) is 4.98 Å². The molecule has 2 aromatic rings. The van der Waals surface area contributed by atoms with E-state index >= 15 is 0 Å². The third-order valence-corrected chi connectivity index (χ3v) is 5.51. The van der Waals surface area contributed by atoms with Crippen LogP contribution in [0.5, 0.6) is 0 Å². The van der Waals surface area contributed by atoms with Crippen LogP contribution >= 0.6 is 0 Å². The van der Waals surface area contributed by atoms with Crippen LogP contribution in [0.4, 0.5) is 0 Å². The number of allylic oxidation sites excluding steroid dienone is 7. The number of benzene rings is 1. The van der Waals surface area contributed by atoms with E-state index in [9.17, 15) is 5.11 Å². The van der Waals surface area contributed by atoms with E-state index in [1.807, 2.05) is 78.9 Å². The number of hydrogen-bond donors (Lipinski definition) is 2. The Labute approximate surface area is 179 Å². The predicted molar refractivity (Wildman–Crippen MR) is 126 cm³/mol. The number of aromatic nitrogens is 1. The number of rotatable bonds is 0. The minimum absolute atomic E-state index is 0.186. The van der Waals surface area contributed by atoms with E-state index in [0.717, 1.165) is 51.0 Å². The average Bonchev–Trinajstić information content (AvgIpc) is 3.53. The molecule has 8 bridgehead atoms. The molecule has 0 spiro atoms. The summed E-state index contributed by atoms with van der Waals surface area (Å²) in [4.78, 5) is 17.8. The molecule has 0 amide bonds. The van der Waals surface area contributed by atoms with Crippen LogP contribution in [0.25, 0.3) is 17.8 Å². The molecular formula is C26H18N4O. The second-order valence-corrected chi connectivity index (χ2v) is 7.70. The lowest BCUT2D eigenvalue weighted by Gasteiger charge is -2.09. The molecule has 6 rings (SSSR count). The number of nitrogens with zero attached hydrogens (tertiary/aromatic N) is 3. The Balaban J connectivity index is 1.62. The van der Waals surface area contributed by atoms with Gasteiger partial charge in [-0.05, 0) is 61.6 Å². The first kappa shape index (κ1) is 17.6. The molecule has 5 heteroatoms. The highest BCUT2D eigenvalue weighted by Gasteiger charge is 2.28. The van der Waals surface area contributed by atoms with Crippen LogP contribution in [0.3, 0.4) is 0 Å². The second kappa shape index (κ2) is 6.64. The summed E-state index contributed by atoms with van der Waals surface area (Å²) in [5, 5.41) is 10.6. The van der Waals surface area contributed by atoms with Gasteiger partial charge in [-0.3, -0.25) is 0 Å². The maximum atomic E-state index is 10.6. The SMILES string of the molecule is CC(O)=C1C2=NC(=Cc3ccc([nH]3)C=C3C=CC(=N3)C=C3N=C1c1ccccc13)C=C2. The zero-order valence-corrected chi connectivity index (χ0v) is 16.8. The van der Waals surface area contributed by atoms with E-state index in [2.05, 4.69) is 4.98 Å². The van der Waals surface area contributed by atoms with Gasteiger partial charge in [0, 0.05) is 22.5 Å². The van der Waals surface area contributed by atoms with Crippen molar-refractivity contribution in [2.24, 2.45) is 15.0 Å². The highest BCUT2D eigenvalue weighted by atomic mass is 16.3. The standard InChI is InChI=1S/C26H18N4O/c1-15(31)25-23-11-10-19(29-23)13-18-7-6-16(27-18)12-17-8-9-20(28-17)14-24-21-4-2-3-5-22(21)26(25)30-24/h2-14,27,31H,1H3. The van der Waals surface area contributed by atoms with Gasteiger partial charge in [-0.15, -0.1) is 0 Å². The number of hydrogen-bond acceptors (Lipinski definition) is 4. The van der Waals surface area contributed by atoms with Crippen molar-refractivity contribution >= 4 is 35.0 Å². The average molecular weight is 402 g/mol. The van der Waals surface area contributed by atoms with Gasteiger partial charge in [-0.25, -0.2) is 15.0 Å². The van der Waals surface area contributed by atoms with Gasteiger partial charge in [0.25, 0.3) is 0 Å². The molecule has 1 aromatic heterocycles. The van der Waals surface area contributed by atoms with Crippen LogP contribution in [-0.4, -0.2) is 27.2 Å². The molecule has 31 heavy (non-hydrogen) atoms. The normalized spacial score (nSPS) is 19.9. The van der Waals surface area contributed by atoms with E-state index in [1.165, 1.54) is 0 Å². The van der Waals surface area contributed by atoms with E-state index in [0.29, 0.717) is 11.3 Å². The third-order valence-electron chi connectivity index (χ3n) is 5.51. The number of nitrogens with one attached hydrogen (secondary N) is 1. The number of aliphatic hydroxyl groups excluding tert-OH is 1. The van der Waals surface area contributed by atoms with E-state index < -0.39 is 0 Å². The summed E-state index contributed by atoms with van der Waals surface area (Å²) in [5.74, 6) is 0.186. The molecule has 148 valence electrons. The summed E-state index contributed by atoms with van der Waals surface area (Å²) in [6, 6.07) is 12.1. The number of fused-ring (bicyclic) bond motifs is 8. The third kappa shape index (κ3) is 2.99. The molecule has 0 saturated heterocycles. The van der Waals surface area contributed by atoms with Crippen LogP contribution < -0.4 is 0 Å². The van der Waals surface area contributed by atoms with Gasteiger partial charge in [-0.2, -0.15) is 0 Å². The molecule has 5 nitrogen and oxygen atoms in total. The molecule has 0 fully saturated rings. The Hall–Kier alpha value is -4.25. The minimum Gasteiger partial charge on any atom is -0.512 e. The van der Waals surface area contributed by atoms with Gasteiger partial charge in [0.1, 0.15) is 5.76 Å². The summed E-state index contributed by atoms with van der Waals surface area (Å²) < 4.78 is 0. The van der Waals surface area contributed by atoms with Gasteiger partial charge in [0.15, 0.2) is 0 Å². The molecule has 0 aliphatic carbocycles. The Morgan fingerprint density at radius 3 is 2.26 bits per heavy atom.